The Balaban J connectivity index is 1.48. The second kappa shape index (κ2) is 11.1. The van der Waals surface area contributed by atoms with E-state index in [1.54, 1.807) is 0 Å². The Hall–Kier alpha value is -2.48. The number of rotatable bonds is 7. The van der Waals surface area contributed by atoms with Crippen LogP contribution in [0.2, 0.25) is 0 Å². The predicted octanol–water partition coefficient (Wildman–Crippen LogP) is 3.53. The minimum Gasteiger partial charge on any atom is -0.394 e. The topological polar surface area (TPSA) is 121 Å². The lowest BCUT2D eigenvalue weighted by Crippen LogP contribution is -2.58. The molecule has 12 heteroatoms. The molecule has 216 valence electrons. The molecule has 2 aliphatic rings. The van der Waals surface area contributed by atoms with Gasteiger partial charge in [-0.2, -0.15) is 0 Å². The van der Waals surface area contributed by atoms with Crippen LogP contribution in [0.5, 0.6) is 0 Å². The molecule has 8 nitrogen and oxygen atoms in total. The summed E-state index contributed by atoms with van der Waals surface area (Å²) in [5, 5.41) is 51.6. The van der Waals surface area contributed by atoms with Gasteiger partial charge in [0.1, 0.15) is 35.5 Å². The van der Waals surface area contributed by atoms with Crippen molar-refractivity contribution < 1.29 is 38.3 Å². The summed E-state index contributed by atoms with van der Waals surface area (Å²) in [5.41, 5.74) is -0.347. The largest absolute Gasteiger partial charge is 0.394 e. The molecule has 0 amide bonds. The quantitative estimate of drug-likeness (QED) is 0.314. The summed E-state index contributed by atoms with van der Waals surface area (Å²) in [7, 11) is 0. The molecule has 4 N–H and O–H groups in total. The van der Waals surface area contributed by atoms with Crippen LogP contribution in [0, 0.1) is 36.2 Å². The standard InChI is InChI=1S/C28H32F3N3O5S/c1-13-6-4-5-7-17(13)26(28(38)10-14(2)15(28)3)40-27-25(37)23(24(36)21(12-35)39-27)34-11-20(32-33-34)16-8-18(29)22(31)19(30)9-16/h4-9,11,14-15,21,23-27,35-38H,10,12H2,1-3H3/t14-,15-,21+,23-,24-,25+,26+,27-,28?/m0/s1. The van der Waals surface area contributed by atoms with Crippen molar-refractivity contribution in [3.8, 4) is 11.3 Å². The first-order valence-electron chi connectivity index (χ1n) is 13.1. The summed E-state index contributed by atoms with van der Waals surface area (Å²) in [6, 6.07) is 8.03. The van der Waals surface area contributed by atoms with E-state index in [0.29, 0.717) is 12.3 Å². The molecule has 1 unspecified atom stereocenters. The molecule has 3 aromatic rings. The molecule has 9 atom stereocenters. The summed E-state index contributed by atoms with van der Waals surface area (Å²) in [4.78, 5) is 0. The van der Waals surface area contributed by atoms with Crippen LogP contribution in [0.1, 0.15) is 42.7 Å². The van der Waals surface area contributed by atoms with Crippen LogP contribution < -0.4 is 0 Å². The zero-order chi connectivity index (χ0) is 28.9. The molecule has 1 aliphatic carbocycles. The molecule has 5 rings (SSSR count). The van der Waals surface area contributed by atoms with Gasteiger partial charge in [-0.1, -0.05) is 43.3 Å². The smallest absolute Gasteiger partial charge is 0.194 e. The molecule has 40 heavy (non-hydrogen) atoms. The van der Waals surface area contributed by atoms with Gasteiger partial charge < -0.3 is 25.2 Å². The molecule has 0 bridgehead atoms. The monoisotopic (exact) mass is 579 g/mol. The van der Waals surface area contributed by atoms with Gasteiger partial charge in [0.25, 0.3) is 0 Å². The van der Waals surface area contributed by atoms with Gasteiger partial charge in [-0.15, -0.1) is 16.9 Å². The van der Waals surface area contributed by atoms with E-state index in [1.807, 2.05) is 38.1 Å². The predicted molar refractivity (Wildman–Crippen MR) is 142 cm³/mol. The lowest BCUT2D eigenvalue weighted by atomic mass is 9.60. The first-order valence-corrected chi connectivity index (χ1v) is 14.0. The minimum atomic E-state index is -1.61. The fourth-order valence-electron chi connectivity index (χ4n) is 5.78. The van der Waals surface area contributed by atoms with Crippen molar-refractivity contribution in [2.45, 2.75) is 67.8 Å². The third-order valence-corrected chi connectivity index (χ3v) is 10.0. The van der Waals surface area contributed by atoms with Crippen LogP contribution in [0.3, 0.4) is 0 Å². The maximum Gasteiger partial charge on any atom is 0.194 e. The zero-order valence-electron chi connectivity index (χ0n) is 22.2. The second-order valence-corrected chi connectivity index (χ2v) is 12.1. The molecule has 1 aliphatic heterocycles. The molecule has 1 saturated carbocycles. The minimum absolute atomic E-state index is 0.0159. The van der Waals surface area contributed by atoms with Crippen LogP contribution in [-0.2, 0) is 4.74 Å². The Morgan fingerprint density at radius 2 is 1.80 bits per heavy atom. The van der Waals surface area contributed by atoms with Crippen molar-refractivity contribution in [3.05, 3.63) is 71.2 Å². The average Bonchev–Trinajstić information content (AvgIpc) is 3.41. The summed E-state index contributed by atoms with van der Waals surface area (Å²) in [5.74, 6) is -4.14. The first-order chi connectivity index (χ1) is 19.0. The molecule has 2 aromatic carbocycles. The van der Waals surface area contributed by atoms with Gasteiger partial charge in [0.2, 0.25) is 0 Å². The van der Waals surface area contributed by atoms with Crippen LogP contribution in [0.4, 0.5) is 13.2 Å². The highest BCUT2D eigenvalue weighted by Gasteiger charge is 2.56. The van der Waals surface area contributed by atoms with Crippen LogP contribution in [0.25, 0.3) is 11.3 Å². The van der Waals surface area contributed by atoms with Gasteiger partial charge in [0.05, 0.1) is 23.7 Å². The van der Waals surface area contributed by atoms with Crippen LogP contribution in [0.15, 0.2) is 42.6 Å². The van der Waals surface area contributed by atoms with E-state index in [0.717, 1.165) is 27.9 Å². The fourth-order valence-corrected chi connectivity index (χ4v) is 7.54. The van der Waals surface area contributed by atoms with E-state index in [4.69, 9.17) is 4.74 Å². The number of aryl methyl sites for hydroxylation is 1. The van der Waals surface area contributed by atoms with Crippen molar-refractivity contribution in [3.63, 3.8) is 0 Å². The fraction of sp³-hybridized carbons (Fsp3) is 0.500. The molecule has 0 radical (unpaired) electrons. The third-order valence-electron chi connectivity index (χ3n) is 8.43. The van der Waals surface area contributed by atoms with Gasteiger partial charge in [-0.3, -0.25) is 0 Å². The van der Waals surface area contributed by atoms with Crippen LogP contribution >= 0.6 is 11.8 Å². The van der Waals surface area contributed by atoms with Gasteiger partial charge in [-0.05, 0) is 48.4 Å². The molecule has 2 heterocycles. The Morgan fingerprint density at radius 3 is 2.40 bits per heavy atom. The number of aromatic nitrogens is 3. The first kappa shape index (κ1) is 29.0. The Labute approximate surface area is 233 Å². The van der Waals surface area contributed by atoms with E-state index in [9.17, 15) is 33.6 Å². The second-order valence-electron chi connectivity index (χ2n) is 10.9. The maximum absolute atomic E-state index is 13.8. The number of benzene rings is 2. The Kier molecular flexibility index (Phi) is 8.03. The number of hydrogen-bond donors (Lipinski definition) is 4. The number of ether oxygens (including phenoxy) is 1. The lowest BCUT2D eigenvalue weighted by Gasteiger charge is -2.54. The van der Waals surface area contributed by atoms with Crippen LogP contribution in [-0.4, -0.2) is 71.4 Å². The Morgan fingerprint density at radius 1 is 1.12 bits per heavy atom. The van der Waals surface area contributed by atoms with Crippen molar-refractivity contribution >= 4 is 11.8 Å². The van der Waals surface area contributed by atoms with E-state index < -0.39 is 64.7 Å². The van der Waals surface area contributed by atoms with Gasteiger partial charge >= 0.3 is 0 Å². The number of nitrogens with zero attached hydrogens (tertiary/aromatic N) is 3. The molecular formula is C28H32F3N3O5S. The average molecular weight is 580 g/mol. The van der Waals surface area contributed by atoms with Crippen molar-refractivity contribution in [1.29, 1.82) is 0 Å². The number of hydrogen-bond acceptors (Lipinski definition) is 8. The summed E-state index contributed by atoms with van der Waals surface area (Å²) in [6.07, 6.45) is -2.09. The summed E-state index contributed by atoms with van der Waals surface area (Å²) in [6.45, 7) is 5.43. The SMILES string of the molecule is Cc1ccccc1[C@@H](S[C@@H]1O[C@H](CO)[C@H](O)[C@H](n2cc(-c3cc(F)c(F)c(F)c3)nn2)[C@H]1O)C1(O)C[C@H](C)[C@@H]1C. The zero-order valence-corrected chi connectivity index (χ0v) is 23.0. The number of halogens is 3. The highest BCUT2D eigenvalue weighted by molar-refractivity contribution is 8.00. The third kappa shape index (κ3) is 4.94. The van der Waals surface area contributed by atoms with E-state index in [2.05, 4.69) is 17.2 Å². The Bertz CT molecular complexity index is 1360. The molecule has 1 saturated heterocycles. The highest BCUT2D eigenvalue weighted by Crippen LogP contribution is 2.57. The van der Waals surface area contributed by atoms with E-state index >= 15 is 0 Å². The molecular weight excluding hydrogens is 547 g/mol. The summed E-state index contributed by atoms with van der Waals surface area (Å²) >= 11 is 1.21. The number of aliphatic hydroxyl groups excluding tert-OH is 3. The van der Waals surface area contributed by atoms with Gasteiger partial charge in [0, 0.05) is 5.56 Å². The maximum atomic E-state index is 13.8. The normalized spacial score (nSPS) is 33.0. The molecule has 2 fully saturated rings. The molecule has 1 aromatic heterocycles. The van der Waals surface area contributed by atoms with Crippen molar-refractivity contribution in [2.24, 2.45) is 11.8 Å². The van der Waals surface area contributed by atoms with Gasteiger partial charge in [0.15, 0.2) is 17.5 Å². The van der Waals surface area contributed by atoms with E-state index in [1.165, 1.54) is 18.0 Å². The van der Waals surface area contributed by atoms with Crippen molar-refractivity contribution in [1.82, 2.24) is 15.0 Å². The highest BCUT2D eigenvalue weighted by atomic mass is 32.2. The van der Waals surface area contributed by atoms with Crippen molar-refractivity contribution in [2.75, 3.05) is 6.61 Å². The molecule has 0 spiro atoms. The van der Waals surface area contributed by atoms with E-state index in [-0.39, 0.29) is 17.2 Å². The lowest BCUT2D eigenvalue weighted by molar-refractivity contribution is -0.179. The summed E-state index contributed by atoms with van der Waals surface area (Å²) < 4.78 is 48.2. The number of thioether (sulfide) groups is 1. The number of aliphatic hydroxyl groups is 4. The van der Waals surface area contributed by atoms with Gasteiger partial charge in [-0.25, -0.2) is 17.9 Å².